The zero-order chi connectivity index (χ0) is 11.1. The number of hydrogen-bond acceptors (Lipinski definition) is 5. The zero-order valence-electron chi connectivity index (χ0n) is 8.19. The van der Waals surface area contributed by atoms with Crippen molar-refractivity contribution in [2.24, 2.45) is 0 Å². The molecule has 0 aliphatic carbocycles. The Balaban J connectivity index is 4.22. The summed E-state index contributed by atoms with van der Waals surface area (Å²) >= 11 is 0. The van der Waals surface area contributed by atoms with Crippen molar-refractivity contribution in [2.75, 3.05) is 6.61 Å². The summed E-state index contributed by atoms with van der Waals surface area (Å²) in [6.07, 6.45) is -0.0778. The number of hydrogen-bond donors (Lipinski definition) is 0. The second-order valence-corrected chi connectivity index (χ2v) is 2.79. The molecule has 0 N–H and O–H groups in total. The lowest BCUT2D eigenvalue weighted by atomic mass is 10.1. The van der Waals surface area contributed by atoms with Crippen LogP contribution >= 0.6 is 0 Å². The lowest BCUT2D eigenvalue weighted by molar-refractivity contribution is -0.511. The maximum atomic E-state index is 11.0. The number of esters is 1. The summed E-state index contributed by atoms with van der Waals surface area (Å²) in [6, 6.07) is -1.42. The monoisotopic (exact) mass is 203 g/mol. The Kier molecular flexibility index (Phi) is 5.43. The van der Waals surface area contributed by atoms with Gasteiger partial charge in [0.05, 0.1) is 6.61 Å². The number of Topliss-reactive ketones (excluding diaryl/α,β-unsaturated/α-hetero) is 1. The summed E-state index contributed by atoms with van der Waals surface area (Å²) in [5, 5.41) is 10.4. The van der Waals surface area contributed by atoms with E-state index in [1.807, 2.05) is 0 Å². The van der Waals surface area contributed by atoms with E-state index in [0.717, 1.165) is 0 Å². The molecule has 0 unspecified atom stereocenters. The SMILES string of the molecule is CCOC(=O)[C@H](CCC(C)=O)[N+](=O)[O-]. The predicted octanol–water partition coefficient (Wildman–Crippen LogP) is 0.564. The predicted molar refractivity (Wildman–Crippen MR) is 47.3 cm³/mol. The van der Waals surface area contributed by atoms with Crippen LogP contribution in [-0.4, -0.2) is 29.3 Å². The lowest BCUT2D eigenvalue weighted by Crippen LogP contribution is -2.31. The molecule has 0 aliphatic rings. The van der Waals surface area contributed by atoms with Crippen molar-refractivity contribution in [3.63, 3.8) is 0 Å². The zero-order valence-corrected chi connectivity index (χ0v) is 8.19. The fourth-order valence-corrected chi connectivity index (χ4v) is 0.888. The van der Waals surface area contributed by atoms with Gasteiger partial charge in [0.25, 0.3) is 0 Å². The van der Waals surface area contributed by atoms with Gasteiger partial charge in [-0.15, -0.1) is 0 Å². The molecule has 0 heterocycles. The van der Waals surface area contributed by atoms with Crippen LogP contribution in [0, 0.1) is 10.1 Å². The third-order valence-electron chi connectivity index (χ3n) is 1.58. The second kappa shape index (κ2) is 6.06. The van der Waals surface area contributed by atoms with E-state index in [2.05, 4.69) is 4.74 Å². The van der Waals surface area contributed by atoms with Crippen molar-refractivity contribution in [3.8, 4) is 0 Å². The topological polar surface area (TPSA) is 86.5 Å². The van der Waals surface area contributed by atoms with Crippen LogP contribution in [0.5, 0.6) is 0 Å². The molecule has 14 heavy (non-hydrogen) atoms. The van der Waals surface area contributed by atoms with Crippen molar-refractivity contribution >= 4 is 11.8 Å². The highest BCUT2D eigenvalue weighted by Crippen LogP contribution is 2.04. The first-order chi connectivity index (χ1) is 6.49. The molecule has 0 aromatic heterocycles. The van der Waals surface area contributed by atoms with Gasteiger partial charge in [0, 0.05) is 17.8 Å². The molecule has 0 rings (SSSR count). The largest absolute Gasteiger partial charge is 0.461 e. The minimum Gasteiger partial charge on any atom is -0.461 e. The fraction of sp³-hybridized carbons (Fsp3) is 0.750. The van der Waals surface area contributed by atoms with Gasteiger partial charge in [0.1, 0.15) is 5.78 Å². The molecule has 0 aromatic rings. The van der Waals surface area contributed by atoms with E-state index >= 15 is 0 Å². The van der Waals surface area contributed by atoms with Crippen LogP contribution in [0.3, 0.4) is 0 Å². The van der Waals surface area contributed by atoms with Gasteiger partial charge in [-0.25, -0.2) is 4.79 Å². The van der Waals surface area contributed by atoms with Crippen LogP contribution in [0.4, 0.5) is 0 Å². The average molecular weight is 203 g/mol. The van der Waals surface area contributed by atoms with Crippen LogP contribution < -0.4 is 0 Å². The normalized spacial score (nSPS) is 11.9. The molecule has 6 heteroatoms. The van der Waals surface area contributed by atoms with Crippen LogP contribution in [-0.2, 0) is 14.3 Å². The van der Waals surface area contributed by atoms with Gasteiger partial charge in [-0.05, 0) is 13.8 Å². The summed E-state index contributed by atoms with van der Waals surface area (Å²) in [6.45, 7) is 2.99. The van der Waals surface area contributed by atoms with E-state index in [4.69, 9.17) is 0 Å². The molecule has 0 aromatic carbocycles. The minimum atomic E-state index is -1.42. The van der Waals surface area contributed by atoms with Gasteiger partial charge in [-0.3, -0.25) is 10.1 Å². The van der Waals surface area contributed by atoms with Gasteiger partial charge in [-0.1, -0.05) is 0 Å². The van der Waals surface area contributed by atoms with Crippen LogP contribution in [0.15, 0.2) is 0 Å². The molecule has 0 radical (unpaired) electrons. The molecule has 0 fully saturated rings. The molecular weight excluding hydrogens is 190 g/mol. The van der Waals surface area contributed by atoms with Gasteiger partial charge >= 0.3 is 12.0 Å². The van der Waals surface area contributed by atoms with E-state index < -0.39 is 16.9 Å². The van der Waals surface area contributed by atoms with Crippen LogP contribution in [0.2, 0.25) is 0 Å². The van der Waals surface area contributed by atoms with Crippen LogP contribution in [0.1, 0.15) is 26.7 Å². The molecule has 1 atom stereocenters. The van der Waals surface area contributed by atoms with E-state index in [9.17, 15) is 19.7 Å². The maximum absolute atomic E-state index is 11.0. The average Bonchev–Trinajstić information content (AvgIpc) is 2.03. The fourth-order valence-electron chi connectivity index (χ4n) is 0.888. The Bertz CT molecular complexity index is 238. The molecule has 0 amide bonds. The number of carbonyl (C=O) groups is 2. The van der Waals surface area contributed by atoms with Crippen molar-refractivity contribution in [1.29, 1.82) is 0 Å². The van der Waals surface area contributed by atoms with Crippen molar-refractivity contribution in [1.82, 2.24) is 0 Å². The Morgan fingerprint density at radius 1 is 1.50 bits per heavy atom. The molecule has 80 valence electrons. The van der Waals surface area contributed by atoms with Gasteiger partial charge in [0.15, 0.2) is 0 Å². The van der Waals surface area contributed by atoms with Gasteiger partial charge < -0.3 is 9.53 Å². The van der Waals surface area contributed by atoms with Crippen molar-refractivity contribution in [3.05, 3.63) is 10.1 Å². The van der Waals surface area contributed by atoms with E-state index in [0.29, 0.717) is 0 Å². The first-order valence-electron chi connectivity index (χ1n) is 4.28. The van der Waals surface area contributed by atoms with Gasteiger partial charge in [0.2, 0.25) is 0 Å². The highest BCUT2D eigenvalue weighted by Gasteiger charge is 2.30. The summed E-state index contributed by atoms with van der Waals surface area (Å²) in [7, 11) is 0. The quantitative estimate of drug-likeness (QED) is 0.357. The molecule has 0 bridgehead atoms. The van der Waals surface area contributed by atoms with E-state index in [-0.39, 0.29) is 25.2 Å². The molecule has 0 saturated heterocycles. The Hall–Kier alpha value is -1.46. The third kappa shape index (κ3) is 4.54. The number of rotatable bonds is 6. The third-order valence-corrected chi connectivity index (χ3v) is 1.58. The Morgan fingerprint density at radius 2 is 2.07 bits per heavy atom. The minimum absolute atomic E-state index is 0.0183. The molecule has 6 nitrogen and oxygen atoms in total. The summed E-state index contributed by atoms with van der Waals surface area (Å²) < 4.78 is 4.51. The number of ether oxygens (including phenoxy) is 1. The number of nitro groups is 1. The number of carbonyl (C=O) groups excluding carboxylic acids is 2. The van der Waals surface area contributed by atoms with Crippen LogP contribution in [0.25, 0.3) is 0 Å². The van der Waals surface area contributed by atoms with Crippen molar-refractivity contribution in [2.45, 2.75) is 32.7 Å². The molecule has 0 saturated carbocycles. The highest BCUT2D eigenvalue weighted by molar-refractivity contribution is 5.78. The van der Waals surface area contributed by atoms with Gasteiger partial charge in [-0.2, -0.15) is 0 Å². The highest BCUT2D eigenvalue weighted by atomic mass is 16.6. The summed E-state index contributed by atoms with van der Waals surface area (Å²) in [5.74, 6) is -1.06. The second-order valence-electron chi connectivity index (χ2n) is 2.79. The molecular formula is C8H13NO5. The smallest absolute Gasteiger partial charge is 0.381 e. The molecule has 0 spiro atoms. The summed E-state index contributed by atoms with van der Waals surface area (Å²) in [4.78, 5) is 31.3. The number of ketones is 1. The summed E-state index contributed by atoms with van der Waals surface area (Å²) in [5.41, 5.74) is 0. The first kappa shape index (κ1) is 12.5. The molecule has 0 aliphatic heterocycles. The van der Waals surface area contributed by atoms with E-state index in [1.165, 1.54) is 6.92 Å². The maximum Gasteiger partial charge on any atom is 0.381 e. The lowest BCUT2D eigenvalue weighted by Gasteiger charge is -2.06. The van der Waals surface area contributed by atoms with Crippen molar-refractivity contribution < 1.29 is 19.2 Å². The van der Waals surface area contributed by atoms with E-state index in [1.54, 1.807) is 6.92 Å². The Labute approximate surface area is 81.4 Å². The standard InChI is InChI=1S/C8H13NO5/c1-3-14-8(11)7(9(12)13)5-4-6(2)10/h7H,3-5H2,1-2H3/t7-/m0/s1. The first-order valence-corrected chi connectivity index (χ1v) is 4.28. The Morgan fingerprint density at radius 3 is 2.43 bits per heavy atom. The number of nitrogens with zero attached hydrogens (tertiary/aromatic N) is 1.